The van der Waals surface area contributed by atoms with Crippen molar-refractivity contribution < 1.29 is 0 Å². The second kappa shape index (κ2) is 6.32. The van der Waals surface area contributed by atoms with Crippen molar-refractivity contribution in [2.75, 3.05) is 23.3 Å². The summed E-state index contributed by atoms with van der Waals surface area (Å²) in [6.45, 7) is 2.06. The van der Waals surface area contributed by atoms with Crippen LogP contribution in [0, 0.1) is 12.3 Å². The van der Waals surface area contributed by atoms with E-state index >= 15 is 0 Å². The molecule has 3 rings (SSSR count). The van der Waals surface area contributed by atoms with Crippen LogP contribution in [0.3, 0.4) is 0 Å². The lowest BCUT2D eigenvalue weighted by Crippen LogP contribution is -2.39. The highest BCUT2D eigenvalue weighted by molar-refractivity contribution is 5.51. The Balaban J connectivity index is 1.57. The summed E-state index contributed by atoms with van der Waals surface area (Å²) >= 11 is 0. The zero-order valence-corrected chi connectivity index (χ0v) is 12.0. The van der Waals surface area contributed by atoms with E-state index in [0.29, 0.717) is 6.04 Å². The lowest BCUT2D eigenvalue weighted by molar-refractivity contribution is 0.523. The first-order valence-corrected chi connectivity index (χ1v) is 7.34. The average molecular weight is 277 g/mol. The predicted molar refractivity (Wildman–Crippen MR) is 87.5 cm³/mol. The van der Waals surface area contributed by atoms with E-state index in [4.69, 9.17) is 6.42 Å². The Bertz CT molecular complexity index is 622. The van der Waals surface area contributed by atoms with Crippen molar-refractivity contribution in [1.29, 1.82) is 0 Å². The van der Waals surface area contributed by atoms with Crippen molar-refractivity contribution in [2.45, 2.75) is 18.9 Å². The number of terminal acetylenes is 1. The highest BCUT2D eigenvalue weighted by atomic mass is 15.2. The van der Waals surface area contributed by atoms with Crippen molar-refractivity contribution >= 4 is 11.5 Å². The van der Waals surface area contributed by atoms with Gasteiger partial charge in [0.05, 0.1) is 0 Å². The number of aromatic nitrogens is 1. The van der Waals surface area contributed by atoms with Gasteiger partial charge in [-0.05, 0) is 43.2 Å². The monoisotopic (exact) mass is 277 g/mol. The molecule has 0 radical (unpaired) electrons. The zero-order valence-electron chi connectivity index (χ0n) is 12.0. The van der Waals surface area contributed by atoms with Crippen LogP contribution in [0.1, 0.15) is 18.4 Å². The van der Waals surface area contributed by atoms with E-state index in [1.54, 1.807) is 0 Å². The zero-order chi connectivity index (χ0) is 14.5. The minimum atomic E-state index is 0.498. The number of hydrogen-bond acceptors (Lipinski definition) is 3. The molecule has 2 heterocycles. The minimum Gasteiger partial charge on any atom is -0.382 e. The first-order valence-electron chi connectivity index (χ1n) is 7.34. The second-order valence-electron chi connectivity index (χ2n) is 5.32. The third-order valence-corrected chi connectivity index (χ3v) is 3.87. The number of hydrogen-bond donors (Lipinski definition) is 1. The Morgan fingerprint density at radius 2 is 2.00 bits per heavy atom. The van der Waals surface area contributed by atoms with Crippen LogP contribution in [0.15, 0.2) is 48.7 Å². The molecule has 1 aromatic carbocycles. The molecule has 0 spiro atoms. The van der Waals surface area contributed by atoms with Gasteiger partial charge in [0.1, 0.15) is 5.82 Å². The summed E-state index contributed by atoms with van der Waals surface area (Å²) in [5, 5.41) is 3.58. The van der Waals surface area contributed by atoms with E-state index in [1.807, 2.05) is 36.5 Å². The van der Waals surface area contributed by atoms with Gasteiger partial charge < -0.3 is 10.2 Å². The van der Waals surface area contributed by atoms with Crippen LogP contribution in [0.2, 0.25) is 0 Å². The van der Waals surface area contributed by atoms with Gasteiger partial charge in [-0.15, -0.1) is 6.42 Å². The van der Waals surface area contributed by atoms with Gasteiger partial charge in [0.15, 0.2) is 0 Å². The third kappa shape index (κ3) is 3.35. The van der Waals surface area contributed by atoms with Gasteiger partial charge >= 0.3 is 0 Å². The lowest BCUT2D eigenvalue weighted by atomic mass is 10.0. The molecule has 0 saturated carbocycles. The summed E-state index contributed by atoms with van der Waals surface area (Å²) in [4.78, 5) is 6.76. The molecule has 2 aromatic rings. The Morgan fingerprint density at radius 3 is 2.71 bits per heavy atom. The number of piperidine rings is 1. The van der Waals surface area contributed by atoms with E-state index < -0.39 is 0 Å². The first-order chi connectivity index (χ1) is 10.3. The van der Waals surface area contributed by atoms with Crippen molar-refractivity contribution in [3.8, 4) is 12.3 Å². The predicted octanol–water partition coefficient (Wildman–Crippen LogP) is 3.14. The molecule has 1 aromatic heterocycles. The number of nitrogens with zero attached hydrogens (tertiary/aromatic N) is 2. The van der Waals surface area contributed by atoms with E-state index in [9.17, 15) is 0 Å². The summed E-state index contributed by atoms with van der Waals surface area (Å²) < 4.78 is 0. The lowest BCUT2D eigenvalue weighted by Gasteiger charge is -2.33. The standard InChI is InChI=1S/C18H19N3/c1-2-15-6-5-7-17(14-15)20-16-9-12-21(13-10-16)18-8-3-4-11-19-18/h1,3-8,11,14,16,20H,9-10,12-13H2. The molecule has 3 heteroatoms. The SMILES string of the molecule is C#Cc1cccc(NC2CCN(c3ccccn3)CC2)c1. The molecular formula is C18H19N3. The molecule has 1 aliphatic heterocycles. The largest absolute Gasteiger partial charge is 0.382 e. The highest BCUT2D eigenvalue weighted by Gasteiger charge is 2.19. The van der Waals surface area contributed by atoms with Crippen LogP contribution < -0.4 is 10.2 Å². The smallest absolute Gasteiger partial charge is 0.128 e. The van der Waals surface area contributed by atoms with Crippen LogP contribution in [0.4, 0.5) is 11.5 Å². The van der Waals surface area contributed by atoms with Crippen LogP contribution in [0.25, 0.3) is 0 Å². The van der Waals surface area contributed by atoms with Crippen LogP contribution >= 0.6 is 0 Å². The molecular weight excluding hydrogens is 258 g/mol. The van der Waals surface area contributed by atoms with Gasteiger partial charge in [0.25, 0.3) is 0 Å². The topological polar surface area (TPSA) is 28.2 Å². The Morgan fingerprint density at radius 1 is 1.14 bits per heavy atom. The maximum atomic E-state index is 5.44. The summed E-state index contributed by atoms with van der Waals surface area (Å²) in [7, 11) is 0. The molecule has 1 N–H and O–H groups in total. The van der Waals surface area contributed by atoms with Crippen LogP contribution in [-0.2, 0) is 0 Å². The molecule has 0 amide bonds. The fraction of sp³-hybridized carbons (Fsp3) is 0.278. The van der Waals surface area contributed by atoms with Crippen molar-refractivity contribution in [1.82, 2.24) is 4.98 Å². The quantitative estimate of drug-likeness (QED) is 0.874. The average Bonchev–Trinajstić information content (AvgIpc) is 2.56. The van der Waals surface area contributed by atoms with Gasteiger partial charge in [-0.3, -0.25) is 0 Å². The Hall–Kier alpha value is -2.47. The number of rotatable bonds is 3. The van der Waals surface area contributed by atoms with Gasteiger partial charge in [-0.25, -0.2) is 4.98 Å². The van der Waals surface area contributed by atoms with E-state index in [0.717, 1.165) is 43.0 Å². The van der Waals surface area contributed by atoms with Gasteiger partial charge in [0, 0.05) is 36.6 Å². The molecule has 21 heavy (non-hydrogen) atoms. The van der Waals surface area contributed by atoms with Gasteiger partial charge in [-0.1, -0.05) is 18.1 Å². The highest BCUT2D eigenvalue weighted by Crippen LogP contribution is 2.20. The first kappa shape index (κ1) is 13.5. The maximum Gasteiger partial charge on any atom is 0.128 e. The minimum absolute atomic E-state index is 0.498. The van der Waals surface area contributed by atoms with Crippen LogP contribution in [0.5, 0.6) is 0 Å². The summed E-state index contributed by atoms with van der Waals surface area (Å²) in [6.07, 6.45) is 9.51. The number of pyridine rings is 1. The Kier molecular flexibility index (Phi) is 4.07. The summed E-state index contributed by atoms with van der Waals surface area (Å²) in [6, 6.07) is 14.6. The molecule has 1 fully saturated rings. The van der Waals surface area contributed by atoms with E-state index in [2.05, 4.69) is 33.3 Å². The molecule has 0 aliphatic carbocycles. The number of benzene rings is 1. The third-order valence-electron chi connectivity index (χ3n) is 3.87. The Labute approximate surface area is 126 Å². The fourth-order valence-electron chi connectivity index (χ4n) is 2.73. The van der Waals surface area contributed by atoms with Crippen molar-refractivity contribution in [3.05, 3.63) is 54.2 Å². The second-order valence-corrected chi connectivity index (χ2v) is 5.32. The van der Waals surface area contributed by atoms with Crippen molar-refractivity contribution in [3.63, 3.8) is 0 Å². The van der Waals surface area contributed by atoms with Gasteiger partial charge in [0.2, 0.25) is 0 Å². The van der Waals surface area contributed by atoms with Gasteiger partial charge in [-0.2, -0.15) is 0 Å². The molecule has 106 valence electrons. The molecule has 3 nitrogen and oxygen atoms in total. The molecule has 0 atom stereocenters. The van der Waals surface area contributed by atoms with Crippen molar-refractivity contribution in [2.24, 2.45) is 0 Å². The summed E-state index contributed by atoms with van der Waals surface area (Å²) in [5.41, 5.74) is 2.03. The molecule has 1 saturated heterocycles. The number of nitrogens with one attached hydrogen (secondary N) is 1. The van der Waals surface area contributed by atoms with Crippen LogP contribution in [-0.4, -0.2) is 24.1 Å². The number of anilines is 2. The van der Waals surface area contributed by atoms with E-state index in [1.165, 1.54) is 0 Å². The normalized spacial score (nSPS) is 15.5. The maximum absolute atomic E-state index is 5.44. The van der Waals surface area contributed by atoms with E-state index in [-0.39, 0.29) is 0 Å². The summed E-state index contributed by atoms with van der Waals surface area (Å²) in [5.74, 6) is 3.75. The molecule has 0 unspecified atom stereocenters. The molecule has 1 aliphatic rings. The molecule has 0 bridgehead atoms. The fourth-order valence-corrected chi connectivity index (χ4v) is 2.73.